The number of alkyl halides is 6. The first-order valence-electron chi connectivity index (χ1n) is 7.27. The van der Waals surface area contributed by atoms with Gasteiger partial charge in [-0.1, -0.05) is 0 Å². The molecule has 12 heteroatoms. The van der Waals surface area contributed by atoms with Gasteiger partial charge in [-0.2, -0.15) is 31.4 Å². The van der Waals surface area contributed by atoms with E-state index in [9.17, 15) is 31.1 Å². The van der Waals surface area contributed by atoms with Gasteiger partial charge >= 0.3 is 12.4 Å². The summed E-state index contributed by atoms with van der Waals surface area (Å²) in [5.41, 5.74) is -4.25. The van der Waals surface area contributed by atoms with Gasteiger partial charge in [0, 0.05) is 24.0 Å². The molecule has 0 saturated carbocycles. The number of pyridine rings is 1. The summed E-state index contributed by atoms with van der Waals surface area (Å²) in [6.07, 6.45) is -7.00. The third-order valence-electron chi connectivity index (χ3n) is 3.57. The fourth-order valence-corrected chi connectivity index (χ4v) is 2.47. The second kappa shape index (κ2) is 6.28. The van der Waals surface area contributed by atoms with Crippen molar-refractivity contribution in [3.63, 3.8) is 0 Å². The van der Waals surface area contributed by atoms with Crippen molar-refractivity contribution in [3.05, 3.63) is 46.8 Å². The molecule has 6 nitrogen and oxygen atoms in total. The van der Waals surface area contributed by atoms with Crippen LogP contribution in [0.4, 0.5) is 26.3 Å². The molecule has 0 fully saturated rings. The Morgan fingerprint density at radius 2 is 1.89 bits per heavy atom. The van der Waals surface area contributed by atoms with E-state index in [4.69, 9.17) is 4.74 Å². The Balaban J connectivity index is 2.25. The van der Waals surface area contributed by atoms with Gasteiger partial charge in [0.1, 0.15) is 17.9 Å². The van der Waals surface area contributed by atoms with E-state index in [2.05, 4.69) is 10.1 Å². The highest BCUT2D eigenvalue weighted by molar-refractivity contribution is 5.66. The molecule has 0 aliphatic heterocycles. The summed E-state index contributed by atoms with van der Waals surface area (Å²) >= 11 is 0. The van der Waals surface area contributed by atoms with E-state index in [1.54, 1.807) is 0 Å². The Labute approximate surface area is 146 Å². The highest BCUT2D eigenvalue weighted by Gasteiger charge is 2.38. The minimum absolute atomic E-state index is 0.181. The number of hydrogen-bond donors (Lipinski definition) is 0. The predicted octanol–water partition coefficient (Wildman–Crippen LogP) is 3.15. The molecule has 0 spiro atoms. The molecule has 0 amide bonds. The SMILES string of the molecule is COc1ccn2c(=O)c(-c3cnn(CC(F)(F)F)c3)c(C(F)(F)F)nc2c1. The van der Waals surface area contributed by atoms with Crippen LogP contribution in [-0.2, 0) is 12.7 Å². The summed E-state index contributed by atoms with van der Waals surface area (Å²) < 4.78 is 83.8. The van der Waals surface area contributed by atoms with E-state index >= 15 is 0 Å². The fourth-order valence-electron chi connectivity index (χ4n) is 2.47. The lowest BCUT2D eigenvalue weighted by Crippen LogP contribution is -2.24. The van der Waals surface area contributed by atoms with Crippen LogP contribution < -0.4 is 10.3 Å². The van der Waals surface area contributed by atoms with Crippen LogP contribution in [0.5, 0.6) is 5.75 Å². The van der Waals surface area contributed by atoms with E-state index in [-0.39, 0.29) is 11.4 Å². The maximum Gasteiger partial charge on any atom is 0.434 e. The number of fused-ring (bicyclic) bond motifs is 1. The fraction of sp³-hybridized carbons (Fsp3) is 0.267. The van der Waals surface area contributed by atoms with Crippen molar-refractivity contribution in [3.8, 4) is 16.9 Å². The first-order valence-corrected chi connectivity index (χ1v) is 7.27. The highest BCUT2D eigenvalue weighted by Crippen LogP contribution is 2.34. The summed E-state index contributed by atoms with van der Waals surface area (Å²) in [6, 6.07) is 2.47. The zero-order valence-corrected chi connectivity index (χ0v) is 13.5. The molecule has 3 aromatic heterocycles. The van der Waals surface area contributed by atoms with Gasteiger partial charge in [0.2, 0.25) is 0 Å². The molecule has 27 heavy (non-hydrogen) atoms. The Morgan fingerprint density at radius 3 is 2.48 bits per heavy atom. The van der Waals surface area contributed by atoms with Crippen LogP contribution >= 0.6 is 0 Å². The molecular weight excluding hydrogens is 382 g/mol. The monoisotopic (exact) mass is 392 g/mol. The summed E-state index contributed by atoms with van der Waals surface area (Å²) in [5, 5.41) is 3.38. The molecule has 0 bridgehead atoms. The van der Waals surface area contributed by atoms with Crippen molar-refractivity contribution in [2.24, 2.45) is 0 Å². The lowest BCUT2D eigenvalue weighted by molar-refractivity contribution is -0.143. The topological polar surface area (TPSA) is 61.4 Å². The minimum atomic E-state index is -5.02. The van der Waals surface area contributed by atoms with Crippen molar-refractivity contribution in [2.75, 3.05) is 7.11 Å². The Bertz CT molecular complexity index is 1050. The molecule has 3 heterocycles. The second-order valence-electron chi connectivity index (χ2n) is 5.47. The van der Waals surface area contributed by atoms with Crippen LogP contribution in [0.15, 0.2) is 35.5 Å². The maximum atomic E-state index is 13.5. The Hall–Kier alpha value is -3.05. The third kappa shape index (κ3) is 3.73. The van der Waals surface area contributed by atoms with Crippen LogP contribution in [0.3, 0.4) is 0 Å². The van der Waals surface area contributed by atoms with Crippen molar-refractivity contribution in [2.45, 2.75) is 18.9 Å². The van der Waals surface area contributed by atoms with Gasteiger partial charge in [-0.05, 0) is 6.07 Å². The molecular formula is C15H10F6N4O2. The number of halogens is 6. The summed E-state index contributed by atoms with van der Waals surface area (Å²) in [6.45, 7) is -1.51. The number of nitrogens with zero attached hydrogens (tertiary/aromatic N) is 4. The maximum absolute atomic E-state index is 13.5. The van der Waals surface area contributed by atoms with Crippen LogP contribution in [0.25, 0.3) is 16.8 Å². The molecule has 0 aromatic carbocycles. The summed E-state index contributed by atoms with van der Waals surface area (Å²) in [5.74, 6) is 0.181. The lowest BCUT2D eigenvalue weighted by atomic mass is 10.1. The highest BCUT2D eigenvalue weighted by atomic mass is 19.4. The van der Waals surface area contributed by atoms with E-state index < -0.39 is 41.3 Å². The van der Waals surface area contributed by atoms with E-state index in [1.807, 2.05) is 0 Å². The number of ether oxygens (including phenoxy) is 1. The molecule has 0 unspecified atom stereocenters. The first-order chi connectivity index (χ1) is 12.5. The van der Waals surface area contributed by atoms with Gasteiger partial charge < -0.3 is 4.74 Å². The molecule has 144 valence electrons. The van der Waals surface area contributed by atoms with Gasteiger partial charge in [-0.3, -0.25) is 13.9 Å². The standard InChI is InChI=1S/C15H10F6N4O2/c1-27-9-2-3-25-10(4-9)23-12(15(19,20)21)11(13(25)26)8-5-22-24(6-8)7-14(16,17)18/h2-6H,7H2,1H3. The van der Waals surface area contributed by atoms with Crippen molar-refractivity contribution < 1.29 is 31.1 Å². The number of aromatic nitrogens is 4. The molecule has 0 atom stereocenters. The first kappa shape index (κ1) is 18.7. The van der Waals surface area contributed by atoms with Gasteiger partial charge in [0.05, 0.1) is 18.9 Å². The number of hydrogen-bond acceptors (Lipinski definition) is 4. The molecule has 3 rings (SSSR count). The van der Waals surface area contributed by atoms with Crippen molar-refractivity contribution in [1.29, 1.82) is 0 Å². The molecule has 0 aliphatic carbocycles. The molecule has 3 aromatic rings. The van der Waals surface area contributed by atoms with Gasteiger partial charge in [0.15, 0.2) is 5.69 Å². The number of methoxy groups -OCH3 is 1. The van der Waals surface area contributed by atoms with Gasteiger partial charge in [-0.25, -0.2) is 4.98 Å². The van der Waals surface area contributed by atoms with Crippen LogP contribution in [-0.4, -0.2) is 32.5 Å². The van der Waals surface area contributed by atoms with Crippen LogP contribution in [0.2, 0.25) is 0 Å². The number of rotatable bonds is 3. The summed E-state index contributed by atoms with van der Waals surface area (Å²) in [4.78, 5) is 16.1. The van der Waals surface area contributed by atoms with E-state index in [1.165, 1.54) is 13.2 Å². The van der Waals surface area contributed by atoms with Crippen molar-refractivity contribution in [1.82, 2.24) is 19.2 Å². The van der Waals surface area contributed by atoms with Gasteiger partial charge in [0.25, 0.3) is 5.56 Å². The predicted molar refractivity (Wildman–Crippen MR) is 80.3 cm³/mol. The molecule has 0 radical (unpaired) electrons. The average molecular weight is 392 g/mol. The molecule has 0 aliphatic rings. The summed E-state index contributed by atoms with van der Waals surface area (Å²) in [7, 11) is 1.29. The van der Waals surface area contributed by atoms with Crippen molar-refractivity contribution >= 4 is 5.65 Å². The molecule has 0 saturated heterocycles. The van der Waals surface area contributed by atoms with Crippen LogP contribution in [0, 0.1) is 0 Å². The van der Waals surface area contributed by atoms with E-state index in [0.29, 0.717) is 4.68 Å². The average Bonchev–Trinajstić information content (AvgIpc) is 2.99. The Kier molecular flexibility index (Phi) is 4.36. The normalized spacial score (nSPS) is 12.6. The minimum Gasteiger partial charge on any atom is -0.497 e. The third-order valence-corrected chi connectivity index (χ3v) is 3.57. The van der Waals surface area contributed by atoms with Gasteiger partial charge in [-0.15, -0.1) is 0 Å². The van der Waals surface area contributed by atoms with Crippen LogP contribution in [0.1, 0.15) is 5.69 Å². The second-order valence-corrected chi connectivity index (χ2v) is 5.47. The molecule has 0 N–H and O–H groups in total. The smallest absolute Gasteiger partial charge is 0.434 e. The quantitative estimate of drug-likeness (QED) is 0.643. The Morgan fingerprint density at radius 1 is 1.19 bits per heavy atom. The van der Waals surface area contributed by atoms with E-state index in [0.717, 1.165) is 29.1 Å². The zero-order chi connectivity index (χ0) is 20.0. The lowest BCUT2D eigenvalue weighted by Gasteiger charge is -2.13. The largest absolute Gasteiger partial charge is 0.497 e. The zero-order valence-electron chi connectivity index (χ0n) is 13.5.